The molecule has 1 aliphatic carbocycles. The quantitative estimate of drug-likeness (QED) is 0.226. The largest absolute Gasteiger partial charge is 0.465 e. The number of nitrogens with zero attached hydrogens (tertiary/aromatic N) is 7. The van der Waals surface area contributed by atoms with Crippen LogP contribution in [0.25, 0.3) is 44.3 Å². The van der Waals surface area contributed by atoms with Gasteiger partial charge in [0.1, 0.15) is 5.82 Å². The average molecular weight is 622 g/mol. The molecule has 10 heteroatoms. The van der Waals surface area contributed by atoms with E-state index in [1.54, 1.807) is 4.90 Å². The van der Waals surface area contributed by atoms with Crippen LogP contribution in [0.1, 0.15) is 76.4 Å². The number of ether oxygens (including phenoxy) is 1. The zero-order valence-electron chi connectivity index (χ0n) is 27.6. The van der Waals surface area contributed by atoms with Crippen molar-refractivity contribution in [3.63, 3.8) is 0 Å². The van der Waals surface area contributed by atoms with Crippen LogP contribution in [0.3, 0.4) is 0 Å². The Morgan fingerprint density at radius 3 is 2.54 bits per heavy atom. The minimum absolute atomic E-state index is 0.000726. The van der Waals surface area contributed by atoms with Gasteiger partial charge in [0.15, 0.2) is 6.23 Å². The van der Waals surface area contributed by atoms with Crippen LogP contribution in [0.2, 0.25) is 0 Å². The predicted octanol–water partition coefficient (Wildman–Crippen LogP) is 7.27. The summed E-state index contributed by atoms with van der Waals surface area (Å²) < 4.78 is 12.4. The molecule has 2 unspecified atom stereocenters. The van der Waals surface area contributed by atoms with E-state index in [-0.39, 0.29) is 29.0 Å². The molecule has 5 heterocycles. The summed E-state index contributed by atoms with van der Waals surface area (Å²) in [6.45, 7) is 10.0. The summed E-state index contributed by atoms with van der Waals surface area (Å²) in [6, 6.07) is 10.9. The van der Waals surface area contributed by atoms with Gasteiger partial charge in [0, 0.05) is 66.5 Å². The lowest BCUT2D eigenvalue weighted by molar-refractivity contribution is -0.159. The number of aryl methyl sites for hydroxylation is 2. The Kier molecular flexibility index (Phi) is 6.46. The van der Waals surface area contributed by atoms with Crippen molar-refractivity contribution in [2.75, 3.05) is 13.2 Å². The summed E-state index contributed by atoms with van der Waals surface area (Å²) in [5.74, 6) is 1.31. The van der Waals surface area contributed by atoms with E-state index in [1.165, 1.54) is 0 Å². The monoisotopic (exact) mass is 621 g/mol. The highest BCUT2D eigenvalue weighted by atomic mass is 16.5. The Bertz CT molecular complexity index is 2000. The first-order valence-electron chi connectivity index (χ1n) is 16.5. The molecule has 1 N–H and O–H groups in total. The van der Waals surface area contributed by atoms with E-state index in [0.717, 1.165) is 94.4 Å². The molecule has 8 rings (SSSR count). The lowest BCUT2D eigenvalue weighted by atomic mass is 9.48. The second-order valence-electron chi connectivity index (χ2n) is 15.0. The van der Waals surface area contributed by atoms with Crippen LogP contribution >= 0.6 is 0 Å². The van der Waals surface area contributed by atoms with E-state index >= 15 is 0 Å². The number of likely N-dealkylation sites (tertiary alicyclic amines) is 1. The molecule has 1 saturated carbocycles. The Labute approximate surface area is 269 Å². The first kappa shape index (κ1) is 29.2. The topological polar surface area (TPSA) is 103 Å². The van der Waals surface area contributed by atoms with Gasteiger partial charge in [-0.25, -0.2) is 14.5 Å². The van der Waals surface area contributed by atoms with Gasteiger partial charge in [0.05, 0.1) is 34.8 Å². The Hall–Kier alpha value is -4.18. The fourth-order valence-corrected chi connectivity index (χ4v) is 9.14. The van der Waals surface area contributed by atoms with Crippen LogP contribution in [-0.4, -0.2) is 64.4 Å². The molecule has 0 radical (unpaired) electrons. The van der Waals surface area contributed by atoms with Crippen LogP contribution in [0.4, 0.5) is 4.79 Å². The van der Waals surface area contributed by atoms with Gasteiger partial charge in [0.25, 0.3) is 0 Å². The maximum atomic E-state index is 12.1. The van der Waals surface area contributed by atoms with Gasteiger partial charge in [-0.1, -0.05) is 32.9 Å². The molecule has 2 aliphatic heterocycles. The summed E-state index contributed by atoms with van der Waals surface area (Å²) in [5.41, 5.74) is 7.40. The Morgan fingerprint density at radius 1 is 1.04 bits per heavy atom. The minimum atomic E-state index is -0.816. The highest BCUT2D eigenvalue weighted by molar-refractivity contribution is 5.99. The van der Waals surface area contributed by atoms with E-state index < -0.39 is 6.09 Å². The number of imidazole rings is 1. The number of amides is 1. The summed E-state index contributed by atoms with van der Waals surface area (Å²) in [6.07, 6.45) is 8.10. The van der Waals surface area contributed by atoms with Gasteiger partial charge in [0.2, 0.25) is 0 Å². The third-order valence-corrected chi connectivity index (χ3v) is 10.9. The Morgan fingerprint density at radius 2 is 1.83 bits per heavy atom. The fraction of sp³-hybridized carbons (Fsp3) is 0.500. The molecule has 1 spiro atoms. The molecule has 3 fully saturated rings. The zero-order chi connectivity index (χ0) is 32.1. The zero-order valence-corrected chi connectivity index (χ0v) is 27.6. The molecule has 5 aromatic rings. The number of hydrogen-bond donors (Lipinski definition) is 1. The number of aromatic nitrogens is 6. The minimum Gasteiger partial charge on any atom is -0.465 e. The van der Waals surface area contributed by atoms with Crippen LogP contribution in [0, 0.1) is 17.8 Å². The Balaban J connectivity index is 1.26. The molecular weight excluding hydrogens is 578 g/mol. The third-order valence-electron chi connectivity index (χ3n) is 10.9. The lowest BCUT2D eigenvalue weighted by Crippen LogP contribution is -2.73. The van der Waals surface area contributed by atoms with Crippen LogP contribution < -0.4 is 0 Å². The van der Waals surface area contributed by atoms with E-state index in [0.29, 0.717) is 6.54 Å². The van der Waals surface area contributed by atoms with Crippen LogP contribution in [0.5, 0.6) is 0 Å². The molecule has 2 aromatic carbocycles. The highest BCUT2D eigenvalue weighted by Gasteiger charge is 2.64. The fourth-order valence-electron chi connectivity index (χ4n) is 9.14. The van der Waals surface area contributed by atoms with Crippen molar-refractivity contribution in [1.82, 2.24) is 34.0 Å². The van der Waals surface area contributed by atoms with Crippen molar-refractivity contribution in [2.24, 2.45) is 24.9 Å². The third kappa shape index (κ3) is 4.25. The number of benzene rings is 2. The maximum absolute atomic E-state index is 12.1. The van der Waals surface area contributed by atoms with Crippen molar-refractivity contribution >= 4 is 27.9 Å². The van der Waals surface area contributed by atoms with Gasteiger partial charge >= 0.3 is 6.09 Å². The molecule has 240 valence electrons. The van der Waals surface area contributed by atoms with E-state index in [9.17, 15) is 9.90 Å². The van der Waals surface area contributed by atoms with E-state index in [1.807, 2.05) is 24.1 Å². The van der Waals surface area contributed by atoms with Gasteiger partial charge in [-0.2, -0.15) is 10.2 Å². The SMILES string of the molecule is Cc1ccc2c(cnn2C2CCCCO2)c1-c1nc(C2CC3(C2)CN(C(=O)O)C3C(C)(C)C)n(C)c1-c1ccc2c(cnn2C)c1. The molecule has 1 amide bonds. The normalized spacial score (nSPS) is 24.9. The van der Waals surface area contributed by atoms with Crippen molar-refractivity contribution in [1.29, 1.82) is 0 Å². The van der Waals surface area contributed by atoms with E-state index in [2.05, 4.69) is 79.4 Å². The predicted molar refractivity (Wildman–Crippen MR) is 178 cm³/mol. The number of carbonyl (C=O) groups is 1. The van der Waals surface area contributed by atoms with Crippen molar-refractivity contribution in [3.05, 3.63) is 54.1 Å². The summed E-state index contributed by atoms with van der Waals surface area (Å²) in [4.78, 5) is 19.2. The average Bonchev–Trinajstić information content (AvgIpc) is 3.66. The number of hydrogen-bond acceptors (Lipinski definition) is 5. The lowest BCUT2D eigenvalue weighted by Gasteiger charge is -2.67. The van der Waals surface area contributed by atoms with Crippen molar-refractivity contribution in [3.8, 4) is 22.5 Å². The van der Waals surface area contributed by atoms with Crippen LogP contribution in [-0.2, 0) is 18.8 Å². The molecule has 46 heavy (non-hydrogen) atoms. The van der Waals surface area contributed by atoms with Gasteiger partial charge in [-0.05, 0) is 68.2 Å². The standard InChI is InChI=1S/C36H43N7O3/c1-21-10-12-27-25(19-38-43(27)28-9-7-8-14-46-28)29(21)30-31(22-11-13-26-23(15-22)18-37-41(26)6)40(5)32(39-30)24-16-36(17-24)20-42(34(44)45)33(36)35(2,3)4/h10-13,15,18-19,24,28,33H,7-9,14,16-17,20H2,1-6H3,(H,44,45). The maximum Gasteiger partial charge on any atom is 0.407 e. The molecule has 3 aromatic heterocycles. The molecule has 2 atom stereocenters. The van der Waals surface area contributed by atoms with Gasteiger partial charge in [-0.15, -0.1) is 0 Å². The van der Waals surface area contributed by atoms with Crippen molar-refractivity contribution < 1.29 is 14.6 Å². The highest BCUT2D eigenvalue weighted by Crippen LogP contribution is 2.63. The number of fused-ring (bicyclic) bond motifs is 2. The number of carboxylic acid groups (broad SMARTS) is 1. The molecule has 2 saturated heterocycles. The van der Waals surface area contributed by atoms with Crippen molar-refractivity contribution in [2.45, 2.75) is 78.0 Å². The van der Waals surface area contributed by atoms with E-state index in [4.69, 9.17) is 14.8 Å². The second kappa shape index (κ2) is 10.2. The molecule has 0 bridgehead atoms. The summed E-state index contributed by atoms with van der Waals surface area (Å²) >= 11 is 0. The molecular formula is C36H43N7O3. The number of rotatable bonds is 4. The second-order valence-corrected chi connectivity index (χ2v) is 15.0. The van der Waals surface area contributed by atoms with Gasteiger partial charge in [-0.3, -0.25) is 4.68 Å². The van der Waals surface area contributed by atoms with Gasteiger partial charge < -0.3 is 19.3 Å². The summed E-state index contributed by atoms with van der Waals surface area (Å²) in [7, 11) is 4.11. The van der Waals surface area contributed by atoms with Crippen LogP contribution in [0.15, 0.2) is 42.7 Å². The molecule has 3 aliphatic rings. The molecule has 10 nitrogen and oxygen atoms in total. The summed E-state index contributed by atoms with van der Waals surface area (Å²) in [5, 5.41) is 21.4. The first-order valence-corrected chi connectivity index (χ1v) is 16.5. The first-order chi connectivity index (χ1) is 22.0. The smallest absolute Gasteiger partial charge is 0.407 e.